The Kier molecular flexibility index (Phi) is 5.97. The number of pyridine rings is 1. The van der Waals surface area contributed by atoms with Crippen LogP contribution in [0, 0.1) is 0 Å². The molecule has 0 fully saturated rings. The molecule has 1 aliphatic rings. The van der Waals surface area contributed by atoms with Gasteiger partial charge in [0, 0.05) is 49.7 Å². The van der Waals surface area contributed by atoms with Crippen LogP contribution in [0.3, 0.4) is 0 Å². The van der Waals surface area contributed by atoms with Crippen LogP contribution in [0.5, 0.6) is 0 Å². The van der Waals surface area contributed by atoms with Crippen LogP contribution in [0.25, 0.3) is 10.9 Å². The van der Waals surface area contributed by atoms with Crippen LogP contribution in [0.2, 0.25) is 0 Å². The van der Waals surface area contributed by atoms with Crippen molar-refractivity contribution < 1.29 is 4.79 Å². The molecule has 0 spiro atoms. The van der Waals surface area contributed by atoms with Crippen molar-refractivity contribution in [3.05, 3.63) is 82.3 Å². The first-order valence-electron chi connectivity index (χ1n) is 11.4. The second-order valence-electron chi connectivity index (χ2n) is 8.40. The van der Waals surface area contributed by atoms with E-state index >= 15 is 0 Å². The van der Waals surface area contributed by atoms with Gasteiger partial charge in [0.15, 0.2) is 5.82 Å². The molecule has 0 bridgehead atoms. The molecule has 1 aliphatic heterocycles. The van der Waals surface area contributed by atoms with Gasteiger partial charge in [0.25, 0.3) is 11.5 Å². The summed E-state index contributed by atoms with van der Waals surface area (Å²) in [6.07, 6.45) is 11.3. The van der Waals surface area contributed by atoms with Crippen molar-refractivity contribution in [2.45, 2.75) is 51.6 Å². The molecule has 4 aromatic rings. The van der Waals surface area contributed by atoms with Gasteiger partial charge < -0.3 is 5.32 Å². The third-order valence-corrected chi connectivity index (χ3v) is 6.09. The fourth-order valence-corrected chi connectivity index (χ4v) is 4.27. The van der Waals surface area contributed by atoms with Crippen molar-refractivity contribution in [3.8, 4) is 0 Å². The van der Waals surface area contributed by atoms with Crippen LogP contribution in [0.4, 0.5) is 5.82 Å². The molecule has 1 amide bonds. The Morgan fingerprint density at radius 3 is 2.76 bits per heavy atom. The van der Waals surface area contributed by atoms with Gasteiger partial charge in [-0.15, -0.1) is 0 Å². The summed E-state index contributed by atoms with van der Waals surface area (Å²) in [4.78, 5) is 34.6. The van der Waals surface area contributed by atoms with Gasteiger partial charge in [-0.3, -0.25) is 23.8 Å². The summed E-state index contributed by atoms with van der Waals surface area (Å²) in [5, 5.41) is 7.84. The van der Waals surface area contributed by atoms with E-state index in [9.17, 15) is 9.59 Å². The maximum absolute atomic E-state index is 13.0. The number of hydrogen-bond donors (Lipinski definition) is 1. The fourth-order valence-electron chi connectivity index (χ4n) is 4.27. The molecule has 0 saturated heterocycles. The van der Waals surface area contributed by atoms with Gasteiger partial charge in [-0.05, 0) is 55.2 Å². The number of nitrogens with zero attached hydrogens (tertiary/aromatic N) is 5. The molecule has 3 aromatic heterocycles. The summed E-state index contributed by atoms with van der Waals surface area (Å²) in [7, 11) is 0. The topological polar surface area (TPSA) is 94.7 Å². The standard InChI is InChI=1S/C25H26N6O2/c32-24(28-22-11-16-30(29-22)15-10-18-8-12-26-13-9-18)19-6-7-20-21(17-19)27-23-5-3-1-2-4-14-31(23)25(20)33/h6-9,11-13,16-17H,1-5,10,14-15H2,(H,28,29,32). The zero-order valence-electron chi connectivity index (χ0n) is 18.4. The van der Waals surface area contributed by atoms with Gasteiger partial charge in [0.2, 0.25) is 0 Å². The number of aryl methyl sites for hydroxylation is 3. The van der Waals surface area contributed by atoms with E-state index in [0.29, 0.717) is 35.4 Å². The van der Waals surface area contributed by atoms with Gasteiger partial charge in [-0.2, -0.15) is 5.10 Å². The van der Waals surface area contributed by atoms with Crippen molar-refractivity contribution in [2.24, 2.45) is 0 Å². The first kappa shape index (κ1) is 21.1. The number of rotatable bonds is 5. The number of aromatic nitrogens is 5. The second kappa shape index (κ2) is 9.36. The predicted molar refractivity (Wildman–Crippen MR) is 126 cm³/mol. The third kappa shape index (κ3) is 4.69. The smallest absolute Gasteiger partial charge is 0.261 e. The fraction of sp³-hybridized carbons (Fsp3) is 0.320. The highest BCUT2D eigenvalue weighted by Gasteiger charge is 2.15. The van der Waals surface area contributed by atoms with Gasteiger partial charge in [-0.1, -0.05) is 12.8 Å². The highest BCUT2D eigenvalue weighted by atomic mass is 16.1. The molecular weight excluding hydrogens is 416 g/mol. The number of amides is 1. The first-order valence-corrected chi connectivity index (χ1v) is 11.4. The SMILES string of the molecule is O=C(Nc1ccn(CCc2ccncc2)n1)c1ccc2c(=O)n3c(nc2c1)CCCCCC3. The zero-order chi connectivity index (χ0) is 22.6. The summed E-state index contributed by atoms with van der Waals surface area (Å²) >= 11 is 0. The van der Waals surface area contributed by atoms with E-state index in [0.717, 1.165) is 44.3 Å². The Bertz CT molecular complexity index is 1340. The molecule has 0 atom stereocenters. The molecule has 8 heteroatoms. The van der Waals surface area contributed by atoms with Crippen molar-refractivity contribution in [1.29, 1.82) is 0 Å². The molecule has 1 aromatic carbocycles. The molecule has 4 heterocycles. The lowest BCUT2D eigenvalue weighted by Gasteiger charge is -2.16. The van der Waals surface area contributed by atoms with Crippen LogP contribution in [-0.4, -0.2) is 30.2 Å². The van der Waals surface area contributed by atoms with Gasteiger partial charge in [-0.25, -0.2) is 4.98 Å². The maximum Gasteiger partial charge on any atom is 0.261 e. The monoisotopic (exact) mass is 442 g/mol. The van der Waals surface area contributed by atoms with E-state index < -0.39 is 0 Å². The van der Waals surface area contributed by atoms with Crippen LogP contribution < -0.4 is 10.9 Å². The number of fused-ring (bicyclic) bond motifs is 2. The molecule has 8 nitrogen and oxygen atoms in total. The number of anilines is 1. The van der Waals surface area contributed by atoms with E-state index in [4.69, 9.17) is 4.98 Å². The summed E-state index contributed by atoms with van der Waals surface area (Å²) in [6.45, 7) is 1.41. The van der Waals surface area contributed by atoms with E-state index in [2.05, 4.69) is 15.4 Å². The normalized spacial score (nSPS) is 13.8. The lowest BCUT2D eigenvalue weighted by molar-refractivity contribution is 0.102. The largest absolute Gasteiger partial charge is 0.305 e. The number of carbonyl (C=O) groups is 1. The first-order chi connectivity index (χ1) is 16.2. The van der Waals surface area contributed by atoms with E-state index in [1.807, 2.05) is 18.3 Å². The van der Waals surface area contributed by atoms with Crippen LogP contribution in [0.15, 0.2) is 59.8 Å². The Labute approximate surface area is 191 Å². The van der Waals surface area contributed by atoms with E-state index in [1.54, 1.807) is 45.9 Å². The molecule has 168 valence electrons. The summed E-state index contributed by atoms with van der Waals surface area (Å²) < 4.78 is 3.61. The molecule has 0 radical (unpaired) electrons. The minimum Gasteiger partial charge on any atom is -0.305 e. The molecule has 1 N–H and O–H groups in total. The van der Waals surface area contributed by atoms with E-state index in [-0.39, 0.29) is 11.5 Å². The third-order valence-electron chi connectivity index (χ3n) is 6.09. The molecular formula is C25H26N6O2. The quantitative estimate of drug-likeness (QED) is 0.510. The minimum atomic E-state index is -0.273. The molecule has 0 unspecified atom stereocenters. The number of hydrogen-bond acceptors (Lipinski definition) is 5. The lowest BCUT2D eigenvalue weighted by Crippen LogP contribution is -2.26. The lowest BCUT2D eigenvalue weighted by atomic mass is 10.1. The van der Waals surface area contributed by atoms with Crippen molar-refractivity contribution in [3.63, 3.8) is 0 Å². The predicted octanol–water partition coefficient (Wildman–Crippen LogP) is 3.60. The molecule has 33 heavy (non-hydrogen) atoms. The van der Waals surface area contributed by atoms with E-state index in [1.165, 1.54) is 5.56 Å². The second-order valence-corrected chi connectivity index (χ2v) is 8.40. The Morgan fingerprint density at radius 2 is 1.88 bits per heavy atom. The Hall–Kier alpha value is -3.81. The molecule has 0 aliphatic carbocycles. The molecule has 5 rings (SSSR count). The Morgan fingerprint density at radius 1 is 1.03 bits per heavy atom. The number of benzene rings is 1. The highest BCUT2D eigenvalue weighted by Crippen LogP contribution is 2.17. The van der Waals surface area contributed by atoms with Gasteiger partial charge in [0.05, 0.1) is 10.9 Å². The van der Waals surface area contributed by atoms with Crippen molar-refractivity contribution in [1.82, 2.24) is 24.3 Å². The van der Waals surface area contributed by atoms with Gasteiger partial charge in [0.1, 0.15) is 5.82 Å². The average Bonchev–Trinajstić information content (AvgIpc) is 3.26. The number of nitrogens with one attached hydrogen (secondary N) is 1. The van der Waals surface area contributed by atoms with Crippen molar-refractivity contribution in [2.75, 3.05) is 5.32 Å². The molecule has 0 saturated carbocycles. The van der Waals surface area contributed by atoms with Gasteiger partial charge >= 0.3 is 0 Å². The average molecular weight is 443 g/mol. The maximum atomic E-state index is 13.0. The van der Waals surface area contributed by atoms with Crippen LogP contribution >= 0.6 is 0 Å². The summed E-state index contributed by atoms with van der Waals surface area (Å²) in [5.41, 5.74) is 2.19. The van der Waals surface area contributed by atoms with Crippen LogP contribution in [-0.2, 0) is 25.9 Å². The zero-order valence-corrected chi connectivity index (χ0v) is 18.4. The summed E-state index contributed by atoms with van der Waals surface area (Å²) in [6, 6.07) is 10.8. The van der Waals surface area contributed by atoms with Crippen molar-refractivity contribution >= 4 is 22.6 Å². The van der Waals surface area contributed by atoms with Crippen LogP contribution in [0.1, 0.15) is 47.4 Å². The minimum absolute atomic E-state index is 0.0169. The number of carbonyl (C=O) groups excluding carboxylic acids is 1. The Balaban J connectivity index is 1.32. The highest BCUT2D eigenvalue weighted by molar-refractivity contribution is 6.05. The summed E-state index contributed by atoms with van der Waals surface area (Å²) in [5.74, 6) is 1.03.